The van der Waals surface area contributed by atoms with Crippen molar-refractivity contribution in [3.63, 3.8) is 0 Å². The maximum atomic E-state index is 11.7. The number of carbonyl (C=O) groups is 1. The van der Waals surface area contributed by atoms with Gasteiger partial charge in [0.25, 0.3) is 0 Å². The van der Waals surface area contributed by atoms with Gasteiger partial charge >= 0.3 is 0 Å². The summed E-state index contributed by atoms with van der Waals surface area (Å²) in [5.74, 6) is 0.0986. The molecule has 4 heteroatoms. The molecule has 88 valence electrons. The van der Waals surface area contributed by atoms with E-state index in [1.807, 2.05) is 11.9 Å². The summed E-state index contributed by atoms with van der Waals surface area (Å²) in [6.45, 7) is 1.36. The van der Waals surface area contributed by atoms with Crippen molar-refractivity contribution in [1.29, 1.82) is 0 Å². The molecule has 0 aliphatic rings. The van der Waals surface area contributed by atoms with Gasteiger partial charge in [-0.25, -0.2) is 0 Å². The van der Waals surface area contributed by atoms with Crippen LogP contribution in [0.4, 0.5) is 0 Å². The van der Waals surface area contributed by atoms with Crippen molar-refractivity contribution >= 4 is 17.4 Å². The monoisotopic (exact) mass is 241 g/mol. The Labute approximate surface area is 101 Å². The lowest BCUT2D eigenvalue weighted by molar-refractivity contribution is 0.0964. The van der Waals surface area contributed by atoms with Crippen LogP contribution in [0, 0.1) is 0 Å². The first-order valence-corrected chi connectivity index (χ1v) is 5.59. The van der Waals surface area contributed by atoms with E-state index in [1.54, 1.807) is 24.3 Å². The number of rotatable bonds is 6. The zero-order valence-corrected chi connectivity index (χ0v) is 10.1. The number of hydrogen-bond acceptors (Lipinski definition) is 3. The number of nitrogens with zero attached hydrogens (tertiary/aromatic N) is 1. The van der Waals surface area contributed by atoms with E-state index in [2.05, 4.69) is 0 Å². The molecule has 0 aromatic heterocycles. The van der Waals surface area contributed by atoms with Crippen LogP contribution in [-0.4, -0.2) is 42.5 Å². The van der Waals surface area contributed by atoms with E-state index >= 15 is 0 Å². The van der Waals surface area contributed by atoms with Gasteiger partial charge in [-0.1, -0.05) is 11.6 Å². The minimum atomic E-state index is 0.0986. The highest BCUT2D eigenvalue weighted by Crippen LogP contribution is 2.11. The van der Waals surface area contributed by atoms with Gasteiger partial charge < -0.3 is 10.0 Å². The van der Waals surface area contributed by atoms with Crippen LogP contribution in [0.1, 0.15) is 16.8 Å². The number of aliphatic hydroxyl groups is 1. The normalized spacial score (nSPS) is 10.8. The summed E-state index contributed by atoms with van der Waals surface area (Å²) >= 11 is 5.74. The number of aliphatic hydroxyl groups excluding tert-OH is 1. The third-order valence-electron chi connectivity index (χ3n) is 2.37. The first-order valence-electron chi connectivity index (χ1n) is 5.21. The molecule has 0 bridgehead atoms. The second kappa shape index (κ2) is 6.63. The molecule has 0 radical (unpaired) electrons. The average Bonchev–Trinajstić information content (AvgIpc) is 2.27. The fourth-order valence-electron chi connectivity index (χ4n) is 1.36. The summed E-state index contributed by atoms with van der Waals surface area (Å²) in [6.07, 6.45) is 0.456. The van der Waals surface area contributed by atoms with Gasteiger partial charge in [-0.2, -0.15) is 0 Å². The Morgan fingerprint density at radius 1 is 1.31 bits per heavy atom. The second-order valence-corrected chi connectivity index (χ2v) is 4.14. The highest BCUT2D eigenvalue weighted by Gasteiger charge is 2.06. The zero-order valence-electron chi connectivity index (χ0n) is 9.32. The van der Waals surface area contributed by atoms with E-state index in [9.17, 15) is 4.79 Å². The van der Waals surface area contributed by atoms with Crippen molar-refractivity contribution < 1.29 is 9.90 Å². The molecular weight excluding hydrogens is 226 g/mol. The molecule has 0 aliphatic carbocycles. The largest absolute Gasteiger partial charge is 0.395 e. The summed E-state index contributed by atoms with van der Waals surface area (Å²) in [5, 5.41) is 9.34. The van der Waals surface area contributed by atoms with Gasteiger partial charge in [-0.3, -0.25) is 4.79 Å². The number of likely N-dealkylation sites (N-methyl/N-ethyl adjacent to an activating group) is 1. The molecule has 1 N–H and O–H groups in total. The van der Waals surface area contributed by atoms with Crippen molar-refractivity contribution in [3.05, 3.63) is 34.9 Å². The third kappa shape index (κ3) is 4.31. The summed E-state index contributed by atoms with van der Waals surface area (Å²) in [7, 11) is 1.88. The molecule has 0 spiro atoms. The summed E-state index contributed by atoms with van der Waals surface area (Å²) in [4.78, 5) is 13.7. The van der Waals surface area contributed by atoms with E-state index < -0.39 is 0 Å². The van der Waals surface area contributed by atoms with Crippen molar-refractivity contribution in [3.8, 4) is 0 Å². The van der Waals surface area contributed by atoms with Crippen LogP contribution in [0.2, 0.25) is 5.02 Å². The van der Waals surface area contributed by atoms with E-state index in [0.717, 1.165) is 0 Å². The predicted octanol–water partition coefficient (Wildman–Crippen LogP) is 1.84. The number of carbonyl (C=O) groups excluding carboxylic acids is 1. The molecule has 0 heterocycles. The quantitative estimate of drug-likeness (QED) is 0.773. The zero-order chi connectivity index (χ0) is 12.0. The molecule has 1 aromatic rings. The topological polar surface area (TPSA) is 40.5 Å². The molecule has 16 heavy (non-hydrogen) atoms. The Bertz CT molecular complexity index is 337. The van der Waals surface area contributed by atoms with Gasteiger partial charge in [0.05, 0.1) is 6.61 Å². The van der Waals surface area contributed by atoms with E-state index in [-0.39, 0.29) is 12.4 Å². The summed E-state index contributed by atoms with van der Waals surface area (Å²) < 4.78 is 0. The lowest BCUT2D eigenvalue weighted by Gasteiger charge is -2.13. The molecule has 0 saturated heterocycles. The van der Waals surface area contributed by atoms with Crippen LogP contribution in [0.5, 0.6) is 0 Å². The molecule has 0 fully saturated rings. The molecule has 1 aromatic carbocycles. The van der Waals surface area contributed by atoms with Crippen LogP contribution < -0.4 is 0 Å². The van der Waals surface area contributed by atoms with E-state index in [1.165, 1.54) is 0 Å². The Balaban J connectivity index is 2.43. The lowest BCUT2D eigenvalue weighted by Crippen LogP contribution is -2.24. The minimum absolute atomic E-state index is 0.0986. The first-order chi connectivity index (χ1) is 7.63. The molecule has 3 nitrogen and oxygen atoms in total. The Morgan fingerprint density at radius 3 is 2.50 bits per heavy atom. The highest BCUT2D eigenvalue weighted by atomic mass is 35.5. The second-order valence-electron chi connectivity index (χ2n) is 3.71. The number of hydrogen-bond donors (Lipinski definition) is 1. The fraction of sp³-hybridized carbons (Fsp3) is 0.417. The molecule has 0 aliphatic heterocycles. The van der Waals surface area contributed by atoms with Crippen molar-refractivity contribution in [2.45, 2.75) is 6.42 Å². The molecule has 1 rings (SSSR count). The maximum absolute atomic E-state index is 11.7. The highest BCUT2D eigenvalue weighted by molar-refractivity contribution is 6.30. The molecule has 0 amide bonds. The third-order valence-corrected chi connectivity index (χ3v) is 2.62. The minimum Gasteiger partial charge on any atom is -0.395 e. The molecule has 0 atom stereocenters. The van der Waals surface area contributed by atoms with Gasteiger partial charge in [0.2, 0.25) is 0 Å². The molecular formula is C12H16ClNO2. The van der Waals surface area contributed by atoms with Crippen LogP contribution >= 0.6 is 11.6 Å². The van der Waals surface area contributed by atoms with Crippen LogP contribution in [-0.2, 0) is 0 Å². The summed E-state index contributed by atoms with van der Waals surface area (Å²) in [5.41, 5.74) is 0.682. The van der Waals surface area contributed by atoms with Crippen LogP contribution in [0.15, 0.2) is 24.3 Å². The Morgan fingerprint density at radius 2 is 1.94 bits per heavy atom. The molecule has 0 saturated carbocycles. The van der Waals surface area contributed by atoms with Gasteiger partial charge in [0, 0.05) is 30.1 Å². The fourth-order valence-corrected chi connectivity index (χ4v) is 1.48. The van der Waals surface area contributed by atoms with Crippen molar-refractivity contribution in [1.82, 2.24) is 4.90 Å². The van der Waals surface area contributed by atoms with Crippen molar-refractivity contribution in [2.75, 3.05) is 26.7 Å². The number of halogens is 1. The Hall–Kier alpha value is -0.900. The van der Waals surface area contributed by atoms with E-state index in [4.69, 9.17) is 16.7 Å². The number of benzene rings is 1. The van der Waals surface area contributed by atoms with E-state index in [0.29, 0.717) is 30.1 Å². The van der Waals surface area contributed by atoms with Gasteiger partial charge in [-0.15, -0.1) is 0 Å². The first kappa shape index (κ1) is 13.2. The van der Waals surface area contributed by atoms with Gasteiger partial charge in [0.1, 0.15) is 0 Å². The smallest absolute Gasteiger partial charge is 0.164 e. The SMILES string of the molecule is CN(CCO)CCC(=O)c1ccc(Cl)cc1. The molecule has 0 unspecified atom stereocenters. The van der Waals surface area contributed by atoms with Crippen LogP contribution in [0.3, 0.4) is 0 Å². The number of Topliss-reactive ketones (excluding diaryl/α,β-unsaturated/α-hetero) is 1. The van der Waals surface area contributed by atoms with Crippen LogP contribution in [0.25, 0.3) is 0 Å². The predicted molar refractivity (Wildman–Crippen MR) is 65.0 cm³/mol. The van der Waals surface area contributed by atoms with Crippen molar-refractivity contribution in [2.24, 2.45) is 0 Å². The standard InChI is InChI=1S/C12H16ClNO2/c1-14(8-9-15)7-6-12(16)10-2-4-11(13)5-3-10/h2-5,15H,6-9H2,1H3. The maximum Gasteiger partial charge on any atom is 0.164 e. The lowest BCUT2D eigenvalue weighted by atomic mass is 10.1. The summed E-state index contributed by atoms with van der Waals surface area (Å²) in [6, 6.07) is 6.89. The van der Waals surface area contributed by atoms with Gasteiger partial charge in [-0.05, 0) is 31.3 Å². The Kier molecular flexibility index (Phi) is 5.46. The number of ketones is 1. The average molecular weight is 242 g/mol. The van der Waals surface area contributed by atoms with Gasteiger partial charge in [0.15, 0.2) is 5.78 Å².